The summed E-state index contributed by atoms with van der Waals surface area (Å²) >= 11 is 7.65. The van der Waals surface area contributed by atoms with Crippen molar-refractivity contribution >= 4 is 45.8 Å². The monoisotopic (exact) mass is 376 g/mol. The molecular formula is C12H7ClFIN2O. The fraction of sp³-hybridized carbons (Fsp3) is 0. The van der Waals surface area contributed by atoms with Crippen LogP contribution in [0.2, 0.25) is 5.15 Å². The molecule has 6 heteroatoms. The van der Waals surface area contributed by atoms with E-state index >= 15 is 0 Å². The summed E-state index contributed by atoms with van der Waals surface area (Å²) < 4.78 is 13.5. The number of pyridine rings is 1. The third kappa shape index (κ3) is 3.17. The predicted molar refractivity (Wildman–Crippen MR) is 76.3 cm³/mol. The zero-order valence-electron chi connectivity index (χ0n) is 8.95. The van der Waals surface area contributed by atoms with E-state index in [4.69, 9.17) is 11.6 Å². The molecule has 0 saturated heterocycles. The van der Waals surface area contributed by atoms with Gasteiger partial charge in [0.25, 0.3) is 5.91 Å². The van der Waals surface area contributed by atoms with E-state index in [0.717, 1.165) is 0 Å². The Morgan fingerprint density at radius 2 is 2.11 bits per heavy atom. The number of nitrogens with zero attached hydrogens (tertiary/aromatic N) is 1. The third-order valence-corrected chi connectivity index (χ3v) is 3.27. The first-order valence-electron chi connectivity index (χ1n) is 4.94. The van der Waals surface area contributed by atoms with E-state index in [-0.39, 0.29) is 16.9 Å². The number of amides is 1. The van der Waals surface area contributed by atoms with Crippen LogP contribution in [-0.2, 0) is 0 Å². The van der Waals surface area contributed by atoms with Crippen molar-refractivity contribution in [3.8, 4) is 0 Å². The van der Waals surface area contributed by atoms with Crippen LogP contribution in [0.5, 0.6) is 0 Å². The minimum atomic E-state index is -0.343. The minimum Gasteiger partial charge on any atom is -0.321 e. The summed E-state index contributed by atoms with van der Waals surface area (Å²) in [6.07, 6.45) is 1.45. The van der Waals surface area contributed by atoms with Crippen LogP contribution in [0.15, 0.2) is 36.5 Å². The fourth-order valence-corrected chi connectivity index (χ4v) is 2.12. The van der Waals surface area contributed by atoms with Crippen LogP contribution < -0.4 is 5.32 Å². The van der Waals surface area contributed by atoms with Crippen LogP contribution in [0.3, 0.4) is 0 Å². The van der Waals surface area contributed by atoms with Crippen molar-refractivity contribution in [2.45, 2.75) is 0 Å². The molecular weight excluding hydrogens is 370 g/mol. The lowest BCUT2D eigenvalue weighted by Gasteiger charge is -2.07. The van der Waals surface area contributed by atoms with Gasteiger partial charge >= 0.3 is 0 Å². The van der Waals surface area contributed by atoms with Gasteiger partial charge in [-0.15, -0.1) is 0 Å². The Balaban J connectivity index is 2.21. The van der Waals surface area contributed by atoms with Gasteiger partial charge in [0.2, 0.25) is 0 Å². The number of nitrogens with one attached hydrogen (secondary N) is 1. The van der Waals surface area contributed by atoms with Gasteiger partial charge in [0.1, 0.15) is 11.0 Å². The number of anilines is 1. The van der Waals surface area contributed by atoms with Gasteiger partial charge in [-0.05, 0) is 52.9 Å². The second kappa shape index (κ2) is 5.62. The molecule has 1 amide bonds. The molecule has 0 fully saturated rings. The van der Waals surface area contributed by atoms with E-state index < -0.39 is 0 Å². The maximum absolute atomic E-state index is 12.9. The quantitative estimate of drug-likeness (QED) is 0.641. The Bertz CT molecular complexity index is 606. The summed E-state index contributed by atoms with van der Waals surface area (Å²) in [5, 5.41) is 2.93. The van der Waals surface area contributed by atoms with Gasteiger partial charge in [-0.2, -0.15) is 0 Å². The summed E-state index contributed by atoms with van der Waals surface area (Å²) in [7, 11) is 0. The van der Waals surface area contributed by atoms with Gasteiger partial charge in [0.05, 0.1) is 5.69 Å². The number of rotatable bonds is 2. The Morgan fingerprint density at radius 1 is 1.33 bits per heavy atom. The zero-order chi connectivity index (χ0) is 13.1. The first kappa shape index (κ1) is 13.2. The van der Waals surface area contributed by atoms with Crippen molar-refractivity contribution < 1.29 is 9.18 Å². The van der Waals surface area contributed by atoms with Crippen LogP contribution in [0.25, 0.3) is 0 Å². The number of carbonyl (C=O) groups excluding carboxylic acids is 1. The van der Waals surface area contributed by atoms with Crippen molar-refractivity contribution in [1.82, 2.24) is 4.98 Å². The number of aromatic nitrogens is 1. The van der Waals surface area contributed by atoms with Crippen LogP contribution in [0, 0.1) is 9.39 Å². The first-order chi connectivity index (χ1) is 8.56. The molecule has 1 aromatic heterocycles. The van der Waals surface area contributed by atoms with Crippen molar-refractivity contribution in [3.63, 3.8) is 0 Å². The molecule has 0 aliphatic rings. The van der Waals surface area contributed by atoms with Crippen LogP contribution >= 0.6 is 34.2 Å². The standard InChI is InChI=1S/C12H7ClFIN2O/c13-11-5-7(3-4-16-11)12(18)17-10-2-1-8(14)6-9(10)15/h1-6H,(H,17,18). The molecule has 0 unspecified atom stereocenters. The van der Waals surface area contributed by atoms with Gasteiger partial charge in [0, 0.05) is 15.3 Å². The van der Waals surface area contributed by atoms with Gasteiger partial charge < -0.3 is 5.32 Å². The lowest BCUT2D eigenvalue weighted by atomic mass is 10.2. The number of halogens is 3. The second-order valence-corrected chi connectivity index (χ2v) is 4.99. The van der Waals surface area contributed by atoms with E-state index in [1.165, 1.54) is 30.5 Å². The topological polar surface area (TPSA) is 42.0 Å². The van der Waals surface area contributed by atoms with Crippen molar-refractivity contribution in [1.29, 1.82) is 0 Å². The SMILES string of the molecule is O=C(Nc1ccc(F)cc1I)c1ccnc(Cl)c1. The largest absolute Gasteiger partial charge is 0.321 e. The van der Waals surface area contributed by atoms with Gasteiger partial charge in [-0.1, -0.05) is 11.6 Å². The number of benzene rings is 1. The van der Waals surface area contributed by atoms with Crippen molar-refractivity contribution in [2.75, 3.05) is 5.32 Å². The van der Waals surface area contributed by atoms with E-state index in [2.05, 4.69) is 10.3 Å². The van der Waals surface area contributed by atoms with Gasteiger partial charge in [-0.3, -0.25) is 4.79 Å². The van der Waals surface area contributed by atoms with Gasteiger partial charge in [0.15, 0.2) is 0 Å². The molecule has 0 spiro atoms. The fourth-order valence-electron chi connectivity index (χ4n) is 1.33. The predicted octanol–water partition coefficient (Wildman–Crippen LogP) is 3.73. The van der Waals surface area contributed by atoms with Crippen LogP contribution in [0.4, 0.5) is 10.1 Å². The van der Waals surface area contributed by atoms with Crippen molar-refractivity contribution in [3.05, 3.63) is 56.6 Å². The molecule has 1 N–H and O–H groups in total. The Morgan fingerprint density at radius 3 is 2.78 bits per heavy atom. The molecule has 1 aromatic carbocycles. The van der Waals surface area contributed by atoms with E-state index in [0.29, 0.717) is 14.8 Å². The van der Waals surface area contributed by atoms with Crippen LogP contribution in [0.1, 0.15) is 10.4 Å². The molecule has 18 heavy (non-hydrogen) atoms. The Kier molecular flexibility index (Phi) is 4.13. The smallest absolute Gasteiger partial charge is 0.255 e. The van der Waals surface area contributed by atoms with E-state index in [1.807, 2.05) is 22.6 Å². The molecule has 2 aromatic rings. The maximum atomic E-state index is 12.9. The Labute approximate surface area is 122 Å². The average Bonchev–Trinajstić information content (AvgIpc) is 2.32. The average molecular weight is 377 g/mol. The summed E-state index contributed by atoms with van der Waals surface area (Å²) in [6, 6.07) is 7.16. The van der Waals surface area contributed by atoms with Gasteiger partial charge in [-0.25, -0.2) is 9.37 Å². The molecule has 0 bridgehead atoms. The molecule has 92 valence electrons. The number of hydrogen-bond acceptors (Lipinski definition) is 2. The highest BCUT2D eigenvalue weighted by atomic mass is 127. The third-order valence-electron chi connectivity index (χ3n) is 2.17. The molecule has 2 rings (SSSR count). The molecule has 1 heterocycles. The summed E-state index contributed by atoms with van der Waals surface area (Å²) in [5.41, 5.74) is 0.949. The minimum absolute atomic E-state index is 0.247. The molecule has 3 nitrogen and oxygen atoms in total. The van der Waals surface area contributed by atoms with Crippen molar-refractivity contribution in [2.24, 2.45) is 0 Å². The highest BCUT2D eigenvalue weighted by Gasteiger charge is 2.09. The molecule has 0 saturated carbocycles. The van der Waals surface area contributed by atoms with E-state index in [9.17, 15) is 9.18 Å². The van der Waals surface area contributed by atoms with E-state index in [1.54, 1.807) is 6.07 Å². The summed E-state index contributed by atoms with van der Waals surface area (Å²) in [5.74, 6) is -0.659. The lowest BCUT2D eigenvalue weighted by molar-refractivity contribution is 0.102. The molecule has 0 radical (unpaired) electrons. The Hall–Kier alpha value is -1.21. The highest BCUT2D eigenvalue weighted by Crippen LogP contribution is 2.20. The maximum Gasteiger partial charge on any atom is 0.255 e. The summed E-state index contributed by atoms with van der Waals surface area (Å²) in [4.78, 5) is 15.7. The highest BCUT2D eigenvalue weighted by molar-refractivity contribution is 14.1. The van der Waals surface area contributed by atoms with Crippen LogP contribution in [-0.4, -0.2) is 10.9 Å². The zero-order valence-corrected chi connectivity index (χ0v) is 11.9. The summed E-state index contributed by atoms with van der Waals surface area (Å²) in [6.45, 7) is 0. The second-order valence-electron chi connectivity index (χ2n) is 3.45. The lowest BCUT2D eigenvalue weighted by Crippen LogP contribution is -2.13. The number of carbonyl (C=O) groups is 1. The molecule has 0 aliphatic carbocycles. The molecule has 0 atom stereocenters. The first-order valence-corrected chi connectivity index (χ1v) is 6.40. The normalized spacial score (nSPS) is 10.2. The molecule has 0 aliphatic heterocycles. The number of hydrogen-bond donors (Lipinski definition) is 1.